The summed E-state index contributed by atoms with van der Waals surface area (Å²) in [6, 6.07) is 0.736. The molecule has 1 amide bonds. The van der Waals surface area contributed by atoms with Gasteiger partial charge < -0.3 is 15.2 Å². The highest BCUT2D eigenvalue weighted by atomic mass is 16.5. The lowest BCUT2D eigenvalue weighted by molar-refractivity contribution is 0.0107. The Kier molecular flexibility index (Phi) is 4.45. The van der Waals surface area contributed by atoms with E-state index in [1.807, 2.05) is 6.92 Å². The molecule has 1 heterocycles. The van der Waals surface area contributed by atoms with Crippen molar-refractivity contribution in [2.45, 2.75) is 50.8 Å². The van der Waals surface area contributed by atoms with Gasteiger partial charge in [-0.2, -0.15) is 0 Å². The maximum atomic E-state index is 11.3. The maximum absolute atomic E-state index is 11.3. The zero-order chi connectivity index (χ0) is 13.1. The Morgan fingerprint density at radius 3 is 2.67 bits per heavy atom. The zero-order valence-corrected chi connectivity index (χ0v) is 11.3. The number of piperidine rings is 1. The summed E-state index contributed by atoms with van der Waals surface area (Å²) < 4.78 is 4.65. The van der Waals surface area contributed by atoms with Crippen molar-refractivity contribution in [1.82, 2.24) is 10.2 Å². The molecule has 0 aromatic carbocycles. The van der Waals surface area contributed by atoms with Gasteiger partial charge in [0.2, 0.25) is 0 Å². The van der Waals surface area contributed by atoms with Crippen LogP contribution in [0.15, 0.2) is 0 Å². The number of methoxy groups -OCH3 is 1. The molecule has 0 bridgehead atoms. The van der Waals surface area contributed by atoms with Gasteiger partial charge in [-0.15, -0.1) is 0 Å². The molecule has 3 unspecified atom stereocenters. The fraction of sp³-hybridized carbons (Fsp3) is 0.923. The van der Waals surface area contributed by atoms with Crippen LogP contribution in [0.25, 0.3) is 0 Å². The lowest BCUT2D eigenvalue weighted by Gasteiger charge is -2.45. The molecule has 1 saturated heterocycles. The average Bonchev–Trinajstić information content (AvgIpc) is 2.26. The van der Waals surface area contributed by atoms with E-state index in [1.165, 1.54) is 26.4 Å². The monoisotopic (exact) mass is 256 g/mol. The largest absolute Gasteiger partial charge is 0.453 e. The van der Waals surface area contributed by atoms with Gasteiger partial charge in [0.05, 0.1) is 13.2 Å². The molecule has 2 rings (SSSR count). The first-order valence-corrected chi connectivity index (χ1v) is 6.86. The van der Waals surface area contributed by atoms with Gasteiger partial charge in [-0.05, 0) is 32.1 Å². The summed E-state index contributed by atoms with van der Waals surface area (Å²) in [5.74, 6) is 0.238. The van der Waals surface area contributed by atoms with E-state index >= 15 is 0 Å². The molecular formula is C13H24N2O3. The molecule has 5 heteroatoms. The molecular weight excluding hydrogens is 232 g/mol. The fourth-order valence-corrected chi connectivity index (χ4v) is 2.90. The first-order chi connectivity index (χ1) is 8.60. The Hall–Kier alpha value is -0.810. The number of carbonyl (C=O) groups is 1. The predicted molar refractivity (Wildman–Crippen MR) is 68.3 cm³/mol. The summed E-state index contributed by atoms with van der Waals surface area (Å²) in [6.07, 6.45) is 3.93. The van der Waals surface area contributed by atoms with E-state index in [9.17, 15) is 9.90 Å². The minimum absolute atomic E-state index is 0.0893. The Balaban J connectivity index is 1.94. The molecule has 0 aromatic rings. The first kappa shape index (κ1) is 13.6. The second-order valence-corrected chi connectivity index (χ2v) is 5.61. The second kappa shape index (κ2) is 5.89. The molecule has 0 aromatic heterocycles. The number of nitrogens with one attached hydrogen (secondary N) is 1. The van der Waals surface area contributed by atoms with Gasteiger partial charge in [-0.3, -0.25) is 4.90 Å². The van der Waals surface area contributed by atoms with E-state index in [4.69, 9.17) is 0 Å². The third-order valence-corrected chi connectivity index (χ3v) is 4.29. The molecule has 104 valence electrons. The summed E-state index contributed by atoms with van der Waals surface area (Å²) in [5.41, 5.74) is 0. The Bertz CT molecular complexity index is 292. The van der Waals surface area contributed by atoms with Crippen LogP contribution >= 0.6 is 0 Å². The average molecular weight is 256 g/mol. The van der Waals surface area contributed by atoms with E-state index in [-0.39, 0.29) is 24.2 Å². The standard InChI is InChI=1S/C13H24N2O3/c1-9(16)10-6-11(14-13(17)18-2)8-15(7-10)12-4-3-5-12/h9-12,16H,3-8H2,1-2H3,(H,14,17). The number of alkyl carbamates (subject to hydrolysis) is 1. The van der Waals surface area contributed by atoms with Gasteiger partial charge in [-0.1, -0.05) is 6.42 Å². The lowest BCUT2D eigenvalue weighted by atomic mass is 9.85. The van der Waals surface area contributed by atoms with Gasteiger partial charge >= 0.3 is 6.09 Å². The van der Waals surface area contributed by atoms with Crippen LogP contribution in [0.2, 0.25) is 0 Å². The van der Waals surface area contributed by atoms with Gasteiger partial charge in [0.15, 0.2) is 0 Å². The third-order valence-electron chi connectivity index (χ3n) is 4.29. The molecule has 1 aliphatic carbocycles. The number of ether oxygens (including phenoxy) is 1. The van der Waals surface area contributed by atoms with Gasteiger partial charge in [0.1, 0.15) is 0 Å². The van der Waals surface area contributed by atoms with E-state index < -0.39 is 0 Å². The molecule has 1 aliphatic heterocycles. The predicted octanol–water partition coefficient (Wildman–Crippen LogP) is 0.966. The van der Waals surface area contributed by atoms with Gasteiger partial charge in [0.25, 0.3) is 0 Å². The molecule has 3 atom stereocenters. The van der Waals surface area contributed by atoms with Crippen molar-refractivity contribution in [1.29, 1.82) is 0 Å². The Labute approximate surface area is 108 Å². The van der Waals surface area contributed by atoms with Crippen molar-refractivity contribution >= 4 is 6.09 Å². The van der Waals surface area contributed by atoms with E-state index in [1.54, 1.807) is 0 Å². The number of aliphatic hydroxyl groups is 1. The molecule has 18 heavy (non-hydrogen) atoms. The van der Waals surface area contributed by atoms with E-state index in [0.717, 1.165) is 19.5 Å². The number of rotatable bonds is 3. The van der Waals surface area contributed by atoms with Crippen molar-refractivity contribution in [3.63, 3.8) is 0 Å². The number of carbonyl (C=O) groups excluding carboxylic acids is 1. The van der Waals surface area contributed by atoms with Crippen molar-refractivity contribution in [2.24, 2.45) is 5.92 Å². The summed E-state index contributed by atoms with van der Waals surface area (Å²) in [5, 5.41) is 12.7. The Morgan fingerprint density at radius 1 is 1.44 bits per heavy atom. The summed E-state index contributed by atoms with van der Waals surface area (Å²) in [4.78, 5) is 13.7. The second-order valence-electron chi connectivity index (χ2n) is 5.61. The summed E-state index contributed by atoms with van der Waals surface area (Å²) >= 11 is 0. The van der Waals surface area contributed by atoms with Crippen LogP contribution in [0, 0.1) is 5.92 Å². The molecule has 0 radical (unpaired) electrons. The van der Waals surface area contributed by atoms with Crippen molar-refractivity contribution in [3.05, 3.63) is 0 Å². The van der Waals surface area contributed by atoms with Crippen LogP contribution in [0.1, 0.15) is 32.6 Å². The molecule has 2 N–H and O–H groups in total. The van der Waals surface area contributed by atoms with E-state index in [2.05, 4.69) is 15.0 Å². The highest BCUT2D eigenvalue weighted by molar-refractivity contribution is 5.67. The minimum Gasteiger partial charge on any atom is -0.453 e. The van der Waals surface area contributed by atoms with Gasteiger partial charge in [-0.25, -0.2) is 4.79 Å². The van der Waals surface area contributed by atoms with Crippen molar-refractivity contribution in [2.75, 3.05) is 20.2 Å². The number of aliphatic hydroxyl groups excluding tert-OH is 1. The molecule has 2 aliphatic rings. The van der Waals surface area contributed by atoms with Crippen LogP contribution in [-0.4, -0.2) is 54.5 Å². The van der Waals surface area contributed by atoms with Crippen LogP contribution in [0.3, 0.4) is 0 Å². The van der Waals surface area contributed by atoms with E-state index in [0.29, 0.717) is 6.04 Å². The normalized spacial score (nSPS) is 31.5. The zero-order valence-electron chi connectivity index (χ0n) is 11.3. The molecule has 0 spiro atoms. The first-order valence-electron chi connectivity index (χ1n) is 6.86. The number of hydrogen-bond acceptors (Lipinski definition) is 4. The molecule has 1 saturated carbocycles. The topological polar surface area (TPSA) is 61.8 Å². The third kappa shape index (κ3) is 3.14. The molecule has 5 nitrogen and oxygen atoms in total. The smallest absolute Gasteiger partial charge is 0.407 e. The number of amides is 1. The van der Waals surface area contributed by atoms with Crippen LogP contribution in [-0.2, 0) is 4.74 Å². The lowest BCUT2D eigenvalue weighted by Crippen LogP contribution is -2.56. The number of hydrogen-bond donors (Lipinski definition) is 2. The summed E-state index contributed by atoms with van der Waals surface area (Å²) in [7, 11) is 1.38. The quantitative estimate of drug-likeness (QED) is 0.790. The van der Waals surface area contributed by atoms with Crippen molar-refractivity contribution in [3.8, 4) is 0 Å². The minimum atomic E-state index is -0.375. The summed E-state index contributed by atoms with van der Waals surface area (Å²) in [6.45, 7) is 3.66. The SMILES string of the molecule is COC(=O)NC1CC(C(C)O)CN(C2CCC2)C1. The number of nitrogens with zero attached hydrogens (tertiary/aromatic N) is 1. The molecule has 2 fully saturated rings. The van der Waals surface area contributed by atoms with Crippen LogP contribution in [0.5, 0.6) is 0 Å². The fourth-order valence-electron chi connectivity index (χ4n) is 2.90. The van der Waals surface area contributed by atoms with Crippen LogP contribution in [0.4, 0.5) is 4.79 Å². The Morgan fingerprint density at radius 2 is 2.17 bits per heavy atom. The highest BCUT2D eigenvalue weighted by Crippen LogP contribution is 2.30. The van der Waals surface area contributed by atoms with Crippen LogP contribution < -0.4 is 5.32 Å². The van der Waals surface area contributed by atoms with Gasteiger partial charge in [0, 0.05) is 25.2 Å². The number of likely N-dealkylation sites (tertiary alicyclic amines) is 1. The van der Waals surface area contributed by atoms with Crippen molar-refractivity contribution < 1.29 is 14.6 Å². The maximum Gasteiger partial charge on any atom is 0.407 e. The highest BCUT2D eigenvalue weighted by Gasteiger charge is 2.35.